The minimum Gasteiger partial charge on any atom is -0.486 e. The van der Waals surface area contributed by atoms with Gasteiger partial charge in [0.2, 0.25) is 0 Å². The average molecular weight is 469 g/mol. The average Bonchev–Trinajstić information content (AvgIpc) is 3.19. The standard InChI is InChI=1S/C21H23ClF2N4O2S/c1-13-16(29-11-15-17(30-12-18(23)24)9-14(22)10-25-15)3-4-19-26-20(27-28(13)19)21(2)5-7-31-8-6-21/h3-4,9-10,18H,5-8,11-12H2,1-2H3. The largest absolute Gasteiger partial charge is 0.486 e. The van der Waals surface area contributed by atoms with Crippen molar-refractivity contribution in [2.75, 3.05) is 18.1 Å². The number of rotatable bonds is 7. The zero-order chi connectivity index (χ0) is 22.0. The summed E-state index contributed by atoms with van der Waals surface area (Å²) in [4.78, 5) is 8.94. The lowest BCUT2D eigenvalue weighted by atomic mass is 9.83. The smallest absolute Gasteiger partial charge is 0.272 e. The number of nitrogens with zero attached hydrogens (tertiary/aromatic N) is 4. The van der Waals surface area contributed by atoms with Crippen molar-refractivity contribution in [3.05, 3.63) is 46.6 Å². The van der Waals surface area contributed by atoms with Crippen molar-refractivity contribution >= 4 is 29.0 Å². The third-order valence-electron chi connectivity index (χ3n) is 5.45. The van der Waals surface area contributed by atoms with Gasteiger partial charge < -0.3 is 9.47 Å². The third-order valence-corrected chi connectivity index (χ3v) is 6.65. The van der Waals surface area contributed by atoms with Gasteiger partial charge in [0.25, 0.3) is 6.43 Å². The molecule has 4 heterocycles. The van der Waals surface area contributed by atoms with Crippen LogP contribution >= 0.6 is 23.4 Å². The van der Waals surface area contributed by atoms with Gasteiger partial charge in [-0.2, -0.15) is 16.9 Å². The first-order chi connectivity index (χ1) is 14.9. The van der Waals surface area contributed by atoms with E-state index in [-0.39, 0.29) is 17.8 Å². The molecule has 0 N–H and O–H groups in total. The molecule has 0 unspecified atom stereocenters. The van der Waals surface area contributed by atoms with Crippen LogP contribution in [-0.2, 0) is 12.0 Å². The Kier molecular flexibility index (Phi) is 6.52. The monoisotopic (exact) mass is 468 g/mol. The van der Waals surface area contributed by atoms with E-state index in [0.717, 1.165) is 41.5 Å². The molecular weight excluding hydrogens is 446 g/mol. The number of aryl methyl sites for hydroxylation is 1. The molecule has 1 aliphatic heterocycles. The molecule has 0 amide bonds. The summed E-state index contributed by atoms with van der Waals surface area (Å²) < 4.78 is 38.0. The number of fused-ring (bicyclic) bond motifs is 1. The minimum atomic E-state index is -2.59. The number of aromatic nitrogens is 4. The number of hydrogen-bond acceptors (Lipinski definition) is 6. The highest BCUT2D eigenvalue weighted by atomic mass is 35.5. The highest BCUT2D eigenvalue weighted by Gasteiger charge is 2.33. The molecule has 166 valence electrons. The lowest BCUT2D eigenvalue weighted by molar-refractivity contribution is 0.0804. The molecule has 0 spiro atoms. The van der Waals surface area contributed by atoms with Crippen LogP contribution in [0.1, 0.15) is 37.0 Å². The molecule has 1 fully saturated rings. The first-order valence-electron chi connectivity index (χ1n) is 9.98. The fourth-order valence-corrected chi connectivity index (χ4v) is 5.03. The van der Waals surface area contributed by atoms with Crippen LogP contribution in [0.4, 0.5) is 8.78 Å². The van der Waals surface area contributed by atoms with Crippen LogP contribution in [-0.4, -0.2) is 44.1 Å². The Labute approximate surface area is 188 Å². The maximum absolute atomic E-state index is 12.5. The van der Waals surface area contributed by atoms with Crippen LogP contribution in [0.15, 0.2) is 24.4 Å². The van der Waals surface area contributed by atoms with E-state index in [1.165, 1.54) is 12.3 Å². The van der Waals surface area contributed by atoms with E-state index in [9.17, 15) is 8.78 Å². The Morgan fingerprint density at radius 3 is 2.74 bits per heavy atom. The molecule has 0 aromatic carbocycles. The second kappa shape index (κ2) is 9.16. The number of hydrogen-bond donors (Lipinski definition) is 0. The molecule has 0 saturated carbocycles. The van der Waals surface area contributed by atoms with Gasteiger partial charge in [-0.05, 0) is 43.4 Å². The summed E-state index contributed by atoms with van der Waals surface area (Å²) in [6, 6.07) is 5.15. The van der Waals surface area contributed by atoms with Gasteiger partial charge in [0.05, 0.1) is 10.7 Å². The zero-order valence-electron chi connectivity index (χ0n) is 17.3. The van der Waals surface area contributed by atoms with Crippen LogP contribution in [0.25, 0.3) is 5.65 Å². The van der Waals surface area contributed by atoms with E-state index in [0.29, 0.717) is 16.5 Å². The SMILES string of the molecule is Cc1c(OCc2ncc(Cl)cc2OCC(F)F)ccc2nc(C3(C)CCSCC3)nn12. The van der Waals surface area contributed by atoms with Gasteiger partial charge in [0, 0.05) is 17.7 Å². The molecule has 1 aliphatic rings. The first-order valence-corrected chi connectivity index (χ1v) is 11.5. The van der Waals surface area contributed by atoms with Crippen LogP contribution in [0, 0.1) is 6.92 Å². The van der Waals surface area contributed by atoms with E-state index < -0.39 is 13.0 Å². The topological polar surface area (TPSA) is 61.5 Å². The maximum atomic E-state index is 12.5. The molecule has 31 heavy (non-hydrogen) atoms. The summed E-state index contributed by atoms with van der Waals surface area (Å²) in [5, 5.41) is 5.08. The predicted octanol–water partition coefficient (Wildman–Crippen LogP) is 5.09. The molecule has 4 rings (SSSR count). The second-order valence-corrected chi connectivity index (χ2v) is 9.41. The van der Waals surface area contributed by atoms with Crippen molar-refractivity contribution < 1.29 is 18.3 Å². The molecule has 0 radical (unpaired) electrons. The molecule has 0 atom stereocenters. The molecule has 3 aromatic rings. The highest BCUT2D eigenvalue weighted by molar-refractivity contribution is 7.99. The molecule has 0 aliphatic carbocycles. The summed E-state index contributed by atoms with van der Waals surface area (Å²) in [5.74, 6) is 3.87. The number of thioether (sulfide) groups is 1. The van der Waals surface area contributed by atoms with Gasteiger partial charge in [-0.25, -0.2) is 18.3 Å². The van der Waals surface area contributed by atoms with Crippen LogP contribution in [0.2, 0.25) is 5.02 Å². The second-order valence-electron chi connectivity index (χ2n) is 7.75. The summed E-state index contributed by atoms with van der Waals surface area (Å²) in [5.41, 5.74) is 1.93. The van der Waals surface area contributed by atoms with E-state index in [1.807, 2.05) is 30.8 Å². The van der Waals surface area contributed by atoms with E-state index in [4.69, 9.17) is 31.2 Å². The molecule has 1 saturated heterocycles. The van der Waals surface area contributed by atoms with Crippen molar-refractivity contribution in [3.63, 3.8) is 0 Å². The lowest BCUT2D eigenvalue weighted by Crippen LogP contribution is -2.28. The van der Waals surface area contributed by atoms with Gasteiger partial charge in [0.1, 0.15) is 30.4 Å². The zero-order valence-corrected chi connectivity index (χ0v) is 18.8. The van der Waals surface area contributed by atoms with E-state index in [1.54, 1.807) is 4.52 Å². The van der Waals surface area contributed by atoms with Crippen LogP contribution in [0.3, 0.4) is 0 Å². The number of halogens is 3. The lowest BCUT2D eigenvalue weighted by Gasteiger charge is -2.30. The van der Waals surface area contributed by atoms with Gasteiger partial charge in [0.15, 0.2) is 11.5 Å². The van der Waals surface area contributed by atoms with Crippen LogP contribution < -0.4 is 9.47 Å². The molecule has 10 heteroatoms. The fourth-order valence-electron chi connectivity index (χ4n) is 3.49. The molecule has 3 aromatic heterocycles. The van der Waals surface area contributed by atoms with Gasteiger partial charge >= 0.3 is 0 Å². The Morgan fingerprint density at radius 1 is 1.23 bits per heavy atom. The summed E-state index contributed by atoms with van der Waals surface area (Å²) in [6.45, 7) is 3.43. The third kappa shape index (κ3) is 4.87. The quantitative estimate of drug-likeness (QED) is 0.481. The molecule has 0 bridgehead atoms. The summed E-state index contributed by atoms with van der Waals surface area (Å²) in [7, 11) is 0. The van der Waals surface area contributed by atoms with Gasteiger partial charge in [-0.1, -0.05) is 18.5 Å². The Hall–Kier alpha value is -2.13. The summed E-state index contributed by atoms with van der Waals surface area (Å²) >= 11 is 7.89. The minimum absolute atomic E-state index is 0.0190. The van der Waals surface area contributed by atoms with Gasteiger partial charge in [-0.15, -0.1) is 0 Å². The highest BCUT2D eigenvalue weighted by Crippen LogP contribution is 2.36. The van der Waals surface area contributed by atoms with Crippen molar-refractivity contribution in [1.29, 1.82) is 0 Å². The Bertz CT molecular complexity index is 1070. The van der Waals surface area contributed by atoms with Crippen molar-refractivity contribution in [1.82, 2.24) is 19.6 Å². The number of pyridine rings is 2. The number of alkyl halides is 2. The Balaban J connectivity index is 1.55. The number of ether oxygens (including phenoxy) is 2. The normalized spacial score (nSPS) is 16.1. The van der Waals surface area contributed by atoms with Crippen molar-refractivity contribution in [3.8, 4) is 11.5 Å². The predicted molar refractivity (Wildman–Crippen MR) is 117 cm³/mol. The van der Waals surface area contributed by atoms with Crippen LogP contribution in [0.5, 0.6) is 11.5 Å². The van der Waals surface area contributed by atoms with Crippen molar-refractivity contribution in [2.45, 2.75) is 45.1 Å². The van der Waals surface area contributed by atoms with Crippen molar-refractivity contribution in [2.24, 2.45) is 0 Å². The fraction of sp³-hybridized carbons (Fsp3) is 0.476. The first kappa shape index (κ1) is 22.1. The van der Waals surface area contributed by atoms with Gasteiger partial charge in [-0.3, -0.25) is 4.98 Å². The summed E-state index contributed by atoms with van der Waals surface area (Å²) in [6.07, 6.45) is 0.947. The maximum Gasteiger partial charge on any atom is 0.272 e. The Morgan fingerprint density at radius 2 is 2.00 bits per heavy atom. The van der Waals surface area contributed by atoms with E-state index >= 15 is 0 Å². The molecular formula is C21H23ClF2N4O2S. The van der Waals surface area contributed by atoms with E-state index in [2.05, 4.69) is 11.9 Å². The molecule has 6 nitrogen and oxygen atoms in total.